The molecule has 1 aliphatic rings. The van der Waals surface area contributed by atoms with Crippen molar-refractivity contribution in [1.82, 2.24) is 0 Å². The van der Waals surface area contributed by atoms with Gasteiger partial charge in [0.15, 0.2) is 0 Å². The van der Waals surface area contributed by atoms with E-state index >= 15 is 0 Å². The molecule has 0 aromatic carbocycles. The molecule has 8 heavy (non-hydrogen) atoms. The molecule has 2 atom stereocenters. The lowest BCUT2D eigenvalue weighted by Gasteiger charge is -1.94. The van der Waals surface area contributed by atoms with Crippen LogP contribution in [-0.2, 0) is 0 Å². The summed E-state index contributed by atoms with van der Waals surface area (Å²) in [5.74, 6) is 0.130. The van der Waals surface area contributed by atoms with E-state index in [-0.39, 0.29) is 12.0 Å². The number of hydrogen-bond acceptors (Lipinski definition) is 2. The normalized spacial score (nSPS) is 37.0. The Hall–Kier alpha value is -0.550. The van der Waals surface area contributed by atoms with Crippen LogP contribution in [0, 0.1) is 17.2 Å². The Kier molecular flexibility index (Phi) is 1.50. The van der Waals surface area contributed by atoms with Gasteiger partial charge in [-0.2, -0.15) is 5.26 Å². The predicted molar refractivity (Wildman–Crippen MR) is 29.0 cm³/mol. The Bertz CT molecular complexity index is 116. The fourth-order valence-electron chi connectivity index (χ4n) is 1.07. The van der Waals surface area contributed by atoms with Crippen LogP contribution in [0.1, 0.15) is 19.3 Å². The summed E-state index contributed by atoms with van der Waals surface area (Å²) < 4.78 is 0. The van der Waals surface area contributed by atoms with E-state index in [0.29, 0.717) is 6.42 Å². The first-order chi connectivity index (χ1) is 3.83. The predicted octanol–water partition coefficient (Wildman–Crippen LogP) is 0.671. The molecule has 1 aliphatic carbocycles. The van der Waals surface area contributed by atoms with Crippen molar-refractivity contribution in [2.75, 3.05) is 0 Å². The zero-order chi connectivity index (χ0) is 5.98. The van der Waals surface area contributed by atoms with Crippen LogP contribution >= 0.6 is 0 Å². The van der Waals surface area contributed by atoms with Gasteiger partial charge in [0.25, 0.3) is 0 Å². The highest BCUT2D eigenvalue weighted by atomic mass is 16.3. The van der Waals surface area contributed by atoms with E-state index in [1.165, 1.54) is 0 Å². The maximum atomic E-state index is 8.88. The van der Waals surface area contributed by atoms with Gasteiger partial charge in [-0.1, -0.05) is 0 Å². The summed E-state index contributed by atoms with van der Waals surface area (Å²) in [5.41, 5.74) is 0. The third kappa shape index (κ3) is 0.988. The van der Waals surface area contributed by atoms with E-state index in [9.17, 15) is 0 Å². The summed E-state index contributed by atoms with van der Waals surface area (Å²) in [6.45, 7) is 0. The van der Waals surface area contributed by atoms with Gasteiger partial charge < -0.3 is 5.11 Å². The highest BCUT2D eigenvalue weighted by Gasteiger charge is 2.21. The largest absolute Gasteiger partial charge is 0.393 e. The van der Waals surface area contributed by atoms with E-state index in [1.54, 1.807) is 0 Å². The molecule has 0 heterocycles. The highest BCUT2D eigenvalue weighted by molar-refractivity contribution is 4.89. The molecule has 0 aromatic rings. The van der Waals surface area contributed by atoms with Crippen molar-refractivity contribution < 1.29 is 5.11 Å². The minimum atomic E-state index is -0.195. The molecular formula is C6H9NO. The van der Waals surface area contributed by atoms with Crippen molar-refractivity contribution in [2.45, 2.75) is 25.4 Å². The van der Waals surface area contributed by atoms with Gasteiger partial charge in [-0.3, -0.25) is 0 Å². The maximum absolute atomic E-state index is 8.88. The monoisotopic (exact) mass is 111 g/mol. The summed E-state index contributed by atoms with van der Waals surface area (Å²) in [6.07, 6.45) is 2.20. The van der Waals surface area contributed by atoms with Crippen molar-refractivity contribution in [1.29, 1.82) is 5.26 Å². The third-order valence-electron chi connectivity index (χ3n) is 1.59. The Morgan fingerprint density at radius 3 is 2.50 bits per heavy atom. The van der Waals surface area contributed by atoms with Crippen molar-refractivity contribution in [3.8, 4) is 6.07 Å². The van der Waals surface area contributed by atoms with Crippen molar-refractivity contribution in [3.05, 3.63) is 0 Å². The summed E-state index contributed by atoms with van der Waals surface area (Å²) >= 11 is 0. The SMILES string of the molecule is N#C[C@H]1CC[C@@H](O)C1. The molecule has 0 aromatic heterocycles. The quantitative estimate of drug-likeness (QED) is 0.499. The van der Waals surface area contributed by atoms with Gasteiger partial charge in [0.05, 0.1) is 12.2 Å². The van der Waals surface area contributed by atoms with Gasteiger partial charge in [0, 0.05) is 5.92 Å². The van der Waals surface area contributed by atoms with Crippen molar-refractivity contribution >= 4 is 0 Å². The highest BCUT2D eigenvalue weighted by Crippen LogP contribution is 2.23. The Balaban J connectivity index is 2.35. The molecule has 0 amide bonds. The average molecular weight is 111 g/mol. The topological polar surface area (TPSA) is 44.0 Å². The number of hydrogen-bond donors (Lipinski definition) is 1. The molecule has 2 nitrogen and oxygen atoms in total. The first-order valence-corrected chi connectivity index (χ1v) is 2.90. The number of aliphatic hydroxyl groups is 1. The fraction of sp³-hybridized carbons (Fsp3) is 0.833. The van der Waals surface area contributed by atoms with Crippen LogP contribution in [0.5, 0.6) is 0 Å². The van der Waals surface area contributed by atoms with Gasteiger partial charge in [0.1, 0.15) is 0 Å². The summed E-state index contributed by atoms with van der Waals surface area (Å²) in [7, 11) is 0. The number of rotatable bonds is 0. The lowest BCUT2D eigenvalue weighted by Crippen LogP contribution is -1.97. The van der Waals surface area contributed by atoms with Crippen LogP contribution in [0.2, 0.25) is 0 Å². The second-order valence-corrected chi connectivity index (χ2v) is 2.29. The van der Waals surface area contributed by atoms with Gasteiger partial charge in [-0.05, 0) is 19.3 Å². The van der Waals surface area contributed by atoms with Crippen LogP contribution in [0.15, 0.2) is 0 Å². The van der Waals surface area contributed by atoms with E-state index in [4.69, 9.17) is 10.4 Å². The molecule has 1 fully saturated rings. The van der Waals surface area contributed by atoms with Gasteiger partial charge in [-0.25, -0.2) is 0 Å². The first-order valence-electron chi connectivity index (χ1n) is 2.90. The molecule has 0 aliphatic heterocycles. The van der Waals surface area contributed by atoms with Gasteiger partial charge in [0.2, 0.25) is 0 Å². The van der Waals surface area contributed by atoms with Crippen LogP contribution in [0.3, 0.4) is 0 Å². The zero-order valence-corrected chi connectivity index (χ0v) is 4.67. The van der Waals surface area contributed by atoms with Crippen LogP contribution in [0.25, 0.3) is 0 Å². The third-order valence-corrected chi connectivity index (χ3v) is 1.59. The smallest absolute Gasteiger partial charge is 0.0656 e. The van der Waals surface area contributed by atoms with Gasteiger partial charge >= 0.3 is 0 Å². The second kappa shape index (κ2) is 2.15. The van der Waals surface area contributed by atoms with Crippen molar-refractivity contribution in [2.24, 2.45) is 5.92 Å². The molecule has 44 valence electrons. The number of nitrogens with zero attached hydrogens (tertiary/aromatic N) is 1. The summed E-state index contributed by atoms with van der Waals surface area (Å²) in [6, 6.07) is 2.13. The van der Waals surface area contributed by atoms with Crippen molar-refractivity contribution in [3.63, 3.8) is 0 Å². The summed E-state index contributed by atoms with van der Waals surface area (Å²) in [4.78, 5) is 0. The second-order valence-electron chi connectivity index (χ2n) is 2.29. The number of aliphatic hydroxyl groups excluding tert-OH is 1. The van der Waals surface area contributed by atoms with E-state index in [0.717, 1.165) is 12.8 Å². The first kappa shape index (κ1) is 5.58. The molecule has 1 N–H and O–H groups in total. The molecule has 1 rings (SSSR count). The van der Waals surface area contributed by atoms with Crippen LogP contribution in [0.4, 0.5) is 0 Å². The Morgan fingerprint density at radius 1 is 1.50 bits per heavy atom. The van der Waals surface area contributed by atoms with E-state index in [1.807, 2.05) is 0 Å². The molecule has 0 unspecified atom stereocenters. The maximum Gasteiger partial charge on any atom is 0.0656 e. The van der Waals surface area contributed by atoms with E-state index < -0.39 is 0 Å². The minimum Gasteiger partial charge on any atom is -0.393 e. The fourth-order valence-corrected chi connectivity index (χ4v) is 1.07. The Morgan fingerprint density at radius 2 is 2.25 bits per heavy atom. The molecule has 2 heteroatoms. The van der Waals surface area contributed by atoms with Gasteiger partial charge in [-0.15, -0.1) is 0 Å². The molecule has 0 spiro atoms. The van der Waals surface area contributed by atoms with Crippen LogP contribution < -0.4 is 0 Å². The average Bonchev–Trinajstić information content (AvgIpc) is 2.14. The zero-order valence-electron chi connectivity index (χ0n) is 4.67. The lowest BCUT2D eigenvalue weighted by atomic mass is 10.1. The Labute approximate surface area is 48.7 Å². The molecule has 0 radical (unpaired) electrons. The lowest BCUT2D eigenvalue weighted by molar-refractivity contribution is 0.180. The molecule has 0 bridgehead atoms. The standard InChI is InChI=1S/C6H9NO/c7-4-5-1-2-6(8)3-5/h5-6,8H,1-3H2/t5-,6+/m0/s1. The molecule has 1 saturated carbocycles. The number of nitriles is 1. The molecule has 0 saturated heterocycles. The summed E-state index contributed by atoms with van der Waals surface area (Å²) in [5, 5.41) is 17.2. The minimum absolute atomic E-state index is 0.130. The molecular weight excluding hydrogens is 102 g/mol. The van der Waals surface area contributed by atoms with Crippen LogP contribution in [-0.4, -0.2) is 11.2 Å². The van der Waals surface area contributed by atoms with E-state index in [2.05, 4.69) is 6.07 Å².